The van der Waals surface area contributed by atoms with Crippen LogP contribution in [0, 0.1) is 0 Å². The number of aliphatic hydroxyl groups excluding tert-OH is 1. The van der Waals surface area contributed by atoms with Gasteiger partial charge in [0.25, 0.3) is 0 Å². The largest absolute Gasteiger partial charge is 0.457 e. The molecule has 0 unspecified atom stereocenters. The normalized spacial score (nSPS) is 9.69. The molecule has 0 atom stereocenters. The summed E-state index contributed by atoms with van der Waals surface area (Å²) in [4.78, 5) is 7.98. The molecule has 0 aliphatic heterocycles. The van der Waals surface area contributed by atoms with Gasteiger partial charge in [-0.05, 0) is 6.26 Å². The lowest BCUT2D eigenvalue weighted by molar-refractivity contribution is 0.263. The number of aromatic nitrogens is 2. The summed E-state index contributed by atoms with van der Waals surface area (Å²) in [6, 6.07) is 0. The van der Waals surface area contributed by atoms with Gasteiger partial charge in [-0.2, -0.15) is 0 Å². The third-order valence-corrected chi connectivity index (χ3v) is 1.80. The van der Waals surface area contributed by atoms with E-state index in [9.17, 15) is 0 Å². The molecule has 4 nitrogen and oxygen atoms in total. The minimum atomic E-state index is -0.204. The Morgan fingerprint density at radius 3 is 2.69 bits per heavy atom. The van der Waals surface area contributed by atoms with Gasteiger partial charge in [-0.1, -0.05) is 18.3 Å². The fourth-order valence-corrected chi connectivity index (χ4v) is 0.978. The van der Waals surface area contributed by atoms with Crippen molar-refractivity contribution in [2.75, 3.05) is 12.9 Å². The molecule has 0 bridgehead atoms. The monoisotopic (exact) mass is 198 g/mol. The second-order valence-electron chi connectivity index (χ2n) is 2.20. The Labute approximate surface area is 80.7 Å². The van der Waals surface area contributed by atoms with Crippen molar-refractivity contribution in [3.63, 3.8) is 0 Å². The second-order valence-corrected chi connectivity index (χ2v) is 2.98. The zero-order chi connectivity index (χ0) is 9.68. The highest BCUT2D eigenvalue weighted by molar-refractivity contribution is 7.98. The summed E-state index contributed by atoms with van der Waals surface area (Å²) in [6.07, 6.45) is 4.97. The van der Waals surface area contributed by atoms with Gasteiger partial charge in [-0.15, -0.1) is 0 Å². The average molecular weight is 198 g/mol. The van der Waals surface area contributed by atoms with Gasteiger partial charge < -0.3 is 9.84 Å². The number of aliphatic hydroxyl groups is 1. The van der Waals surface area contributed by atoms with Gasteiger partial charge in [0.15, 0.2) is 10.9 Å². The third kappa shape index (κ3) is 3.04. The van der Waals surface area contributed by atoms with Gasteiger partial charge in [0, 0.05) is 0 Å². The molecule has 0 aliphatic carbocycles. The lowest BCUT2D eigenvalue weighted by Gasteiger charge is -2.04. The topological polar surface area (TPSA) is 55.2 Å². The fourth-order valence-electron chi connectivity index (χ4n) is 0.661. The molecule has 5 heteroatoms. The first-order valence-electron chi connectivity index (χ1n) is 3.58. The third-order valence-electron chi connectivity index (χ3n) is 1.23. The van der Waals surface area contributed by atoms with Crippen LogP contribution in [0.2, 0.25) is 0 Å². The first-order valence-corrected chi connectivity index (χ1v) is 4.81. The summed E-state index contributed by atoms with van der Waals surface area (Å²) in [6.45, 7) is 3.27. The molecule has 0 amide bonds. The highest BCUT2D eigenvalue weighted by atomic mass is 32.2. The molecule has 1 aromatic rings. The first-order chi connectivity index (χ1) is 6.26. The van der Waals surface area contributed by atoms with Crippen molar-refractivity contribution in [3.8, 4) is 5.75 Å². The van der Waals surface area contributed by atoms with Crippen molar-refractivity contribution in [1.82, 2.24) is 9.97 Å². The lowest BCUT2D eigenvalue weighted by Crippen LogP contribution is -1.99. The number of thioether (sulfide) groups is 1. The van der Waals surface area contributed by atoms with E-state index in [2.05, 4.69) is 16.5 Å². The van der Waals surface area contributed by atoms with Crippen LogP contribution in [0.3, 0.4) is 0 Å². The van der Waals surface area contributed by atoms with E-state index in [1.54, 1.807) is 12.4 Å². The molecule has 0 fully saturated rings. The van der Waals surface area contributed by atoms with Crippen LogP contribution in [0.1, 0.15) is 0 Å². The summed E-state index contributed by atoms with van der Waals surface area (Å²) >= 11 is 1.45. The highest BCUT2D eigenvalue weighted by Gasteiger charge is 1.98. The van der Waals surface area contributed by atoms with Crippen molar-refractivity contribution in [3.05, 3.63) is 24.7 Å². The van der Waals surface area contributed by atoms with Gasteiger partial charge in [0.05, 0.1) is 12.4 Å². The SMILES string of the molecule is C=C(CO)Oc1cnc(SC)nc1. The Morgan fingerprint density at radius 1 is 1.62 bits per heavy atom. The van der Waals surface area contributed by atoms with E-state index >= 15 is 0 Å². The fraction of sp³-hybridized carbons (Fsp3) is 0.250. The van der Waals surface area contributed by atoms with Crippen molar-refractivity contribution in [2.45, 2.75) is 5.16 Å². The Balaban J connectivity index is 2.64. The van der Waals surface area contributed by atoms with Crippen molar-refractivity contribution < 1.29 is 9.84 Å². The maximum atomic E-state index is 8.63. The van der Waals surface area contributed by atoms with Gasteiger partial charge in [-0.3, -0.25) is 0 Å². The van der Waals surface area contributed by atoms with E-state index in [-0.39, 0.29) is 12.4 Å². The van der Waals surface area contributed by atoms with E-state index in [1.165, 1.54) is 11.8 Å². The Bertz CT molecular complexity index is 287. The molecule has 1 rings (SSSR count). The predicted molar refractivity (Wildman–Crippen MR) is 50.7 cm³/mol. The minimum absolute atomic E-state index is 0.204. The van der Waals surface area contributed by atoms with Crippen LogP contribution in [-0.4, -0.2) is 27.9 Å². The van der Waals surface area contributed by atoms with Crippen LogP contribution >= 0.6 is 11.8 Å². The Hall–Kier alpha value is -1.07. The first kappa shape index (κ1) is 10.0. The molecule has 1 heterocycles. The summed E-state index contributed by atoms with van der Waals surface area (Å²) in [5.74, 6) is 0.761. The predicted octanol–water partition coefficient (Wildman–Crippen LogP) is 1.08. The number of hydrogen-bond acceptors (Lipinski definition) is 5. The quantitative estimate of drug-likeness (QED) is 0.446. The molecule has 0 saturated carbocycles. The lowest BCUT2D eigenvalue weighted by atomic mass is 10.5. The molecule has 0 radical (unpaired) electrons. The second kappa shape index (κ2) is 4.84. The number of nitrogens with zero attached hydrogens (tertiary/aromatic N) is 2. The summed E-state index contributed by atoms with van der Waals surface area (Å²) in [5, 5.41) is 9.31. The Morgan fingerprint density at radius 2 is 2.23 bits per heavy atom. The van der Waals surface area contributed by atoms with Gasteiger partial charge in [0.2, 0.25) is 0 Å². The van der Waals surface area contributed by atoms with Crippen molar-refractivity contribution >= 4 is 11.8 Å². The molecule has 1 aromatic heterocycles. The van der Waals surface area contributed by atoms with Crippen molar-refractivity contribution in [1.29, 1.82) is 0 Å². The van der Waals surface area contributed by atoms with E-state index < -0.39 is 0 Å². The number of ether oxygens (including phenoxy) is 1. The molecule has 0 spiro atoms. The molecule has 0 aliphatic rings. The van der Waals surface area contributed by atoms with Gasteiger partial charge in [-0.25, -0.2) is 9.97 Å². The van der Waals surface area contributed by atoms with Crippen LogP contribution < -0.4 is 4.74 Å². The zero-order valence-electron chi connectivity index (χ0n) is 7.23. The van der Waals surface area contributed by atoms with E-state index in [0.29, 0.717) is 10.9 Å². The van der Waals surface area contributed by atoms with Gasteiger partial charge in [0.1, 0.15) is 12.4 Å². The van der Waals surface area contributed by atoms with Crippen LogP contribution in [0.25, 0.3) is 0 Å². The van der Waals surface area contributed by atoms with E-state index in [0.717, 1.165) is 0 Å². The van der Waals surface area contributed by atoms with Crippen molar-refractivity contribution in [2.24, 2.45) is 0 Å². The summed E-state index contributed by atoms with van der Waals surface area (Å²) in [5.41, 5.74) is 0. The molecular formula is C8H10N2O2S. The average Bonchev–Trinajstić information content (AvgIpc) is 2.19. The molecule has 0 aromatic carbocycles. The smallest absolute Gasteiger partial charge is 0.187 e. The van der Waals surface area contributed by atoms with E-state index in [4.69, 9.17) is 9.84 Å². The standard InChI is InChI=1S/C8H10N2O2S/c1-6(5-11)12-7-3-9-8(13-2)10-4-7/h3-4,11H,1,5H2,2H3. The molecule has 70 valence electrons. The van der Waals surface area contributed by atoms with Crippen LogP contribution in [0.15, 0.2) is 29.9 Å². The minimum Gasteiger partial charge on any atom is -0.457 e. The van der Waals surface area contributed by atoms with Crippen LogP contribution in [0.4, 0.5) is 0 Å². The zero-order valence-corrected chi connectivity index (χ0v) is 8.04. The maximum absolute atomic E-state index is 8.63. The maximum Gasteiger partial charge on any atom is 0.187 e. The molecule has 13 heavy (non-hydrogen) atoms. The van der Waals surface area contributed by atoms with Crippen LogP contribution in [0.5, 0.6) is 5.75 Å². The number of rotatable bonds is 4. The van der Waals surface area contributed by atoms with E-state index in [1.807, 2.05) is 6.26 Å². The highest BCUT2D eigenvalue weighted by Crippen LogP contribution is 2.13. The molecular weight excluding hydrogens is 188 g/mol. The molecule has 1 N–H and O–H groups in total. The summed E-state index contributed by atoms with van der Waals surface area (Å²) in [7, 11) is 0. The van der Waals surface area contributed by atoms with Crippen LogP contribution in [-0.2, 0) is 0 Å². The summed E-state index contributed by atoms with van der Waals surface area (Å²) < 4.78 is 5.08. The van der Waals surface area contributed by atoms with Gasteiger partial charge >= 0.3 is 0 Å². The Kier molecular flexibility index (Phi) is 3.72. The molecule has 0 saturated heterocycles. The number of hydrogen-bond donors (Lipinski definition) is 1.